The van der Waals surface area contributed by atoms with Gasteiger partial charge in [-0.25, -0.2) is 4.39 Å². The second-order valence-corrected chi connectivity index (χ2v) is 5.58. The van der Waals surface area contributed by atoms with E-state index in [1.165, 1.54) is 6.07 Å². The maximum atomic E-state index is 14.1. The Hall–Kier alpha value is -2.16. The van der Waals surface area contributed by atoms with Gasteiger partial charge in [-0.1, -0.05) is 44.2 Å². The third-order valence-corrected chi connectivity index (χ3v) is 3.60. The number of rotatable bonds is 3. The lowest BCUT2D eigenvalue weighted by molar-refractivity contribution is 0.102. The van der Waals surface area contributed by atoms with Gasteiger partial charge in [0.25, 0.3) is 5.91 Å². The Morgan fingerprint density at radius 2 is 1.67 bits per heavy atom. The summed E-state index contributed by atoms with van der Waals surface area (Å²) in [6.45, 7) is 7.73. The molecule has 0 aliphatic carbocycles. The van der Waals surface area contributed by atoms with Crippen molar-refractivity contribution in [2.75, 3.05) is 5.32 Å². The van der Waals surface area contributed by atoms with E-state index in [0.29, 0.717) is 5.56 Å². The number of anilines is 1. The first-order valence-electron chi connectivity index (χ1n) is 7.07. The van der Waals surface area contributed by atoms with Gasteiger partial charge in [0.05, 0.1) is 5.56 Å². The fraction of sp³-hybridized carbons (Fsp3) is 0.278. The molecule has 1 N–H and O–H groups in total. The molecule has 0 unspecified atom stereocenters. The average Bonchev–Trinajstić information content (AvgIpc) is 2.43. The SMILES string of the molecule is Cc1cccc(C(=O)Nc2c(C)cccc2C(C)C)c1F. The maximum absolute atomic E-state index is 14.1. The van der Waals surface area contributed by atoms with Crippen LogP contribution in [0, 0.1) is 19.7 Å². The average molecular weight is 285 g/mol. The molecule has 0 fully saturated rings. The van der Waals surface area contributed by atoms with Crippen LogP contribution in [0.15, 0.2) is 36.4 Å². The lowest BCUT2D eigenvalue weighted by Crippen LogP contribution is -2.16. The minimum Gasteiger partial charge on any atom is -0.321 e. The summed E-state index contributed by atoms with van der Waals surface area (Å²) in [7, 11) is 0. The molecule has 0 aliphatic rings. The van der Waals surface area contributed by atoms with Crippen LogP contribution < -0.4 is 5.32 Å². The summed E-state index contributed by atoms with van der Waals surface area (Å²) in [6, 6.07) is 10.7. The highest BCUT2D eigenvalue weighted by atomic mass is 19.1. The third kappa shape index (κ3) is 3.13. The minimum absolute atomic E-state index is 0.0768. The first kappa shape index (κ1) is 15.2. The molecule has 0 saturated heterocycles. The molecule has 2 rings (SSSR count). The van der Waals surface area contributed by atoms with E-state index >= 15 is 0 Å². The van der Waals surface area contributed by atoms with Crippen molar-refractivity contribution < 1.29 is 9.18 Å². The Bertz CT molecular complexity index is 677. The molecule has 0 radical (unpaired) electrons. The third-order valence-electron chi connectivity index (χ3n) is 3.60. The fourth-order valence-corrected chi connectivity index (χ4v) is 2.35. The van der Waals surface area contributed by atoms with Crippen molar-refractivity contribution in [2.45, 2.75) is 33.6 Å². The van der Waals surface area contributed by atoms with Crippen LogP contribution in [0.3, 0.4) is 0 Å². The van der Waals surface area contributed by atoms with E-state index in [-0.39, 0.29) is 11.5 Å². The molecule has 0 atom stereocenters. The molecule has 0 spiro atoms. The lowest BCUT2D eigenvalue weighted by Gasteiger charge is -2.16. The molecule has 1 amide bonds. The van der Waals surface area contributed by atoms with E-state index in [1.807, 2.05) is 25.1 Å². The zero-order valence-corrected chi connectivity index (χ0v) is 12.8. The standard InChI is InChI=1S/C18H20FNO/c1-11(2)14-9-6-8-13(4)17(14)20-18(21)15-10-5-7-12(3)16(15)19/h5-11H,1-4H3,(H,20,21). The van der Waals surface area contributed by atoms with E-state index in [2.05, 4.69) is 19.2 Å². The summed E-state index contributed by atoms with van der Waals surface area (Å²) in [6.07, 6.45) is 0. The Kier molecular flexibility index (Phi) is 4.41. The van der Waals surface area contributed by atoms with Crippen molar-refractivity contribution in [2.24, 2.45) is 0 Å². The quantitative estimate of drug-likeness (QED) is 0.860. The second-order valence-electron chi connectivity index (χ2n) is 5.58. The van der Waals surface area contributed by atoms with Gasteiger partial charge >= 0.3 is 0 Å². The van der Waals surface area contributed by atoms with E-state index < -0.39 is 11.7 Å². The van der Waals surface area contributed by atoms with Gasteiger partial charge < -0.3 is 5.32 Å². The Morgan fingerprint density at radius 3 is 2.33 bits per heavy atom. The first-order chi connectivity index (χ1) is 9.91. The van der Waals surface area contributed by atoms with Crippen molar-refractivity contribution in [3.63, 3.8) is 0 Å². The first-order valence-corrected chi connectivity index (χ1v) is 7.07. The zero-order chi connectivity index (χ0) is 15.6. The molecule has 0 heterocycles. The van der Waals surface area contributed by atoms with Crippen LogP contribution in [0.1, 0.15) is 46.8 Å². The van der Waals surface area contributed by atoms with E-state index in [9.17, 15) is 9.18 Å². The van der Waals surface area contributed by atoms with Crippen LogP contribution in [0.4, 0.5) is 10.1 Å². The summed E-state index contributed by atoms with van der Waals surface area (Å²) < 4.78 is 14.1. The second kappa shape index (κ2) is 6.08. The predicted molar refractivity (Wildman–Crippen MR) is 84.4 cm³/mol. The van der Waals surface area contributed by atoms with Gasteiger partial charge in [0.2, 0.25) is 0 Å². The van der Waals surface area contributed by atoms with Gasteiger partial charge in [-0.3, -0.25) is 4.79 Å². The minimum atomic E-state index is -0.463. The topological polar surface area (TPSA) is 29.1 Å². The number of hydrogen-bond acceptors (Lipinski definition) is 1. The molecule has 0 aliphatic heterocycles. The Labute approximate surface area is 125 Å². The van der Waals surface area contributed by atoms with Gasteiger partial charge in [-0.05, 0) is 42.5 Å². The van der Waals surface area contributed by atoms with Crippen LogP contribution in [-0.4, -0.2) is 5.91 Å². The molecule has 3 heteroatoms. The summed E-state index contributed by atoms with van der Waals surface area (Å²) in [5.41, 5.74) is 3.35. The number of halogens is 1. The number of para-hydroxylation sites is 1. The highest BCUT2D eigenvalue weighted by molar-refractivity contribution is 6.05. The number of nitrogens with one attached hydrogen (secondary N) is 1. The molecule has 0 saturated carbocycles. The van der Waals surface area contributed by atoms with Crippen molar-refractivity contribution in [3.05, 3.63) is 64.5 Å². The molecule has 0 aromatic heterocycles. The largest absolute Gasteiger partial charge is 0.321 e. The van der Waals surface area contributed by atoms with Crippen LogP contribution in [-0.2, 0) is 0 Å². The van der Waals surface area contributed by atoms with Gasteiger partial charge in [0.15, 0.2) is 0 Å². The van der Waals surface area contributed by atoms with Crippen molar-refractivity contribution in [1.29, 1.82) is 0 Å². The number of carbonyl (C=O) groups excluding carboxylic acids is 1. The molecule has 2 aromatic carbocycles. The van der Waals surface area contributed by atoms with E-state index in [0.717, 1.165) is 16.8 Å². The summed E-state index contributed by atoms with van der Waals surface area (Å²) >= 11 is 0. The number of amides is 1. The van der Waals surface area contributed by atoms with Gasteiger partial charge in [0, 0.05) is 5.69 Å². The summed E-state index contributed by atoms with van der Waals surface area (Å²) in [5, 5.41) is 2.87. The highest BCUT2D eigenvalue weighted by Crippen LogP contribution is 2.28. The van der Waals surface area contributed by atoms with Crippen molar-refractivity contribution >= 4 is 11.6 Å². The summed E-state index contributed by atoms with van der Waals surface area (Å²) in [5.74, 6) is -0.593. The molecular formula is C18H20FNO. The van der Waals surface area contributed by atoms with Crippen LogP contribution in [0.5, 0.6) is 0 Å². The number of carbonyl (C=O) groups is 1. The monoisotopic (exact) mass is 285 g/mol. The highest BCUT2D eigenvalue weighted by Gasteiger charge is 2.16. The molecule has 21 heavy (non-hydrogen) atoms. The van der Waals surface area contributed by atoms with Crippen molar-refractivity contribution in [3.8, 4) is 0 Å². The molecule has 110 valence electrons. The molecule has 0 bridgehead atoms. The van der Waals surface area contributed by atoms with Crippen LogP contribution in [0.25, 0.3) is 0 Å². The number of benzene rings is 2. The number of aryl methyl sites for hydroxylation is 2. The fourth-order valence-electron chi connectivity index (χ4n) is 2.35. The Balaban J connectivity index is 2.39. The van der Waals surface area contributed by atoms with Crippen molar-refractivity contribution in [1.82, 2.24) is 0 Å². The predicted octanol–water partition coefficient (Wildman–Crippen LogP) is 4.82. The van der Waals surface area contributed by atoms with Gasteiger partial charge in [-0.2, -0.15) is 0 Å². The van der Waals surface area contributed by atoms with Gasteiger partial charge in [-0.15, -0.1) is 0 Å². The Morgan fingerprint density at radius 1 is 1.05 bits per heavy atom. The molecular weight excluding hydrogens is 265 g/mol. The van der Waals surface area contributed by atoms with E-state index in [1.54, 1.807) is 19.1 Å². The molecule has 2 nitrogen and oxygen atoms in total. The van der Waals surface area contributed by atoms with E-state index in [4.69, 9.17) is 0 Å². The zero-order valence-electron chi connectivity index (χ0n) is 12.8. The number of hydrogen-bond donors (Lipinski definition) is 1. The lowest BCUT2D eigenvalue weighted by atomic mass is 9.98. The van der Waals surface area contributed by atoms with Crippen LogP contribution in [0.2, 0.25) is 0 Å². The maximum Gasteiger partial charge on any atom is 0.258 e. The molecule has 2 aromatic rings. The summed E-state index contributed by atoms with van der Waals surface area (Å²) in [4.78, 5) is 12.4. The normalized spacial score (nSPS) is 10.8. The van der Waals surface area contributed by atoms with Gasteiger partial charge in [0.1, 0.15) is 5.82 Å². The van der Waals surface area contributed by atoms with Crippen LogP contribution >= 0.6 is 0 Å². The smallest absolute Gasteiger partial charge is 0.258 e.